The lowest BCUT2D eigenvalue weighted by Gasteiger charge is -2.24. The first-order chi connectivity index (χ1) is 8.46. The van der Waals surface area contributed by atoms with Crippen LogP contribution in [0.4, 0.5) is 5.69 Å². The smallest absolute Gasteiger partial charge is 0.0393 e. The number of benzene rings is 1. The monoisotopic (exact) mass is 248 g/mol. The second kappa shape index (κ2) is 6.79. The Balaban J connectivity index is 2.34. The number of rotatable bonds is 7. The maximum Gasteiger partial charge on any atom is 0.0393 e. The quantitative estimate of drug-likeness (QED) is 0.747. The van der Waals surface area contributed by atoms with Crippen molar-refractivity contribution in [3.63, 3.8) is 0 Å². The van der Waals surface area contributed by atoms with E-state index in [0.717, 1.165) is 13.1 Å². The molecule has 2 N–H and O–H groups in total. The van der Waals surface area contributed by atoms with E-state index in [-0.39, 0.29) is 0 Å². The van der Waals surface area contributed by atoms with Crippen molar-refractivity contribution >= 4 is 5.69 Å². The van der Waals surface area contributed by atoms with Crippen LogP contribution in [0.2, 0.25) is 0 Å². The van der Waals surface area contributed by atoms with Crippen molar-refractivity contribution in [3.8, 4) is 0 Å². The molecule has 0 aliphatic carbocycles. The van der Waals surface area contributed by atoms with Gasteiger partial charge in [-0.3, -0.25) is 0 Å². The van der Waals surface area contributed by atoms with Crippen LogP contribution in [0.1, 0.15) is 38.7 Å². The third-order valence-electron chi connectivity index (χ3n) is 3.68. The standard InChI is InChI=1S/C16H28N2/c1-14-9-5-6-10-15(14)18(4)12-8-7-11-16(2,3)13-17/h5-6,9-10H,7-8,11-13,17H2,1-4H3. The molecule has 1 rings (SSSR count). The molecule has 0 bridgehead atoms. The molecule has 2 nitrogen and oxygen atoms in total. The summed E-state index contributed by atoms with van der Waals surface area (Å²) < 4.78 is 0. The highest BCUT2D eigenvalue weighted by atomic mass is 15.1. The first kappa shape index (κ1) is 15.0. The van der Waals surface area contributed by atoms with Gasteiger partial charge in [0, 0.05) is 19.3 Å². The minimum absolute atomic E-state index is 0.293. The third-order valence-corrected chi connectivity index (χ3v) is 3.68. The SMILES string of the molecule is Cc1ccccc1N(C)CCCCC(C)(C)CN. The van der Waals surface area contributed by atoms with E-state index in [1.54, 1.807) is 0 Å². The summed E-state index contributed by atoms with van der Waals surface area (Å²) in [4.78, 5) is 2.35. The Morgan fingerprint density at radius 3 is 2.44 bits per heavy atom. The van der Waals surface area contributed by atoms with Crippen LogP contribution in [0, 0.1) is 12.3 Å². The zero-order valence-corrected chi connectivity index (χ0v) is 12.4. The van der Waals surface area contributed by atoms with Gasteiger partial charge in [0.15, 0.2) is 0 Å². The Hall–Kier alpha value is -1.02. The molecule has 0 spiro atoms. The molecule has 0 atom stereocenters. The summed E-state index contributed by atoms with van der Waals surface area (Å²) in [5.74, 6) is 0. The van der Waals surface area contributed by atoms with Crippen molar-refractivity contribution in [3.05, 3.63) is 29.8 Å². The predicted octanol–water partition coefficient (Wildman–Crippen LogP) is 3.59. The zero-order valence-electron chi connectivity index (χ0n) is 12.4. The van der Waals surface area contributed by atoms with Crippen LogP contribution in [-0.4, -0.2) is 20.1 Å². The van der Waals surface area contributed by atoms with Gasteiger partial charge in [0.05, 0.1) is 0 Å². The van der Waals surface area contributed by atoms with Crippen LogP contribution in [0.25, 0.3) is 0 Å². The van der Waals surface area contributed by atoms with E-state index in [0.29, 0.717) is 5.41 Å². The molecule has 2 heteroatoms. The van der Waals surface area contributed by atoms with Crippen LogP contribution < -0.4 is 10.6 Å². The highest BCUT2D eigenvalue weighted by molar-refractivity contribution is 5.52. The average Bonchev–Trinajstić information content (AvgIpc) is 2.35. The molecule has 0 unspecified atom stereocenters. The Morgan fingerprint density at radius 1 is 1.17 bits per heavy atom. The maximum atomic E-state index is 5.75. The van der Waals surface area contributed by atoms with Crippen molar-refractivity contribution in [2.24, 2.45) is 11.1 Å². The number of para-hydroxylation sites is 1. The van der Waals surface area contributed by atoms with Gasteiger partial charge in [-0.1, -0.05) is 38.5 Å². The molecule has 102 valence electrons. The lowest BCUT2D eigenvalue weighted by Crippen LogP contribution is -2.24. The van der Waals surface area contributed by atoms with E-state index in [2.05, 4.69) is 57.0 Å². The Morgan fingerprint density at radius 2 is 1.83 bits per heavy atom. The second-order valence-electron chi connectivity index (χ2n) is 6.03. The second-order valence-corrected chi connectivity index (χ2v) is 6.03. The van der Waals surface area contributed by atoms with Crippen LogP contribution in [0.5, 0.6) is 0 Å². The number of aryl methyl sites for hydroxylation is 1. The Labute approximate surface area is 112 Å². The number of anilines is 1. The number of hydrogen-bond acceptors (Lipinski definition) is 2. The normalized spacial score (nSPS) is 11.6. The average molecular weight is 248 g/mol. The van der Waals surface area contributed by atoms with E-state index in [1.165, 1.54) is 30.5 Å². The fourth-order valence-electron chi connectivity index (χ4n) is 2.17. The van der Waals surface area contributed by atoms with Crippen molar-refractivity contribution in [1.29, 1.82) is 0 Å². The molecule has 0 aliphatic heterocycles. The van der Waals surface area contributed by atoms with Crippen molar-refractivity contribution in [2.75, 3.05) is 25.0 Å². The summed E-state index contributed by atoms with van der Waals surface area (Å²) in [6, 6.07) is 8.56. The maximum absolute atomic E-state index is 5.75. The number of hydrogen-bond donors (Lipinski definition) is 1. The van der Waals surface area contributed by atoms with Crippen LogP contribution >= 0.6 is 0 Å². The van der Waals surface area contributed by atoms with E-state index in [9.17, 15) is 0 Å². The molecular weight excluding hydrogens is 220 g/mol. The molecule has 1 aromatic rings. The van der Waals surface area contributed by atoms with E-state index < -0.39 is 0 Å². The molecule has 0 saturated heterocycles. The molecule has 0 radical (unpaired) electrons. The Kier molecular flexibility index (Phi) is 5.67. The van der Waals surface area contributed by atoms with E-state index in [4.69, 9.17) is 5.73 Å². The van der Waals surface area contributed by atoms with Gasteiger partial charge in [0.1, 0.15) is 0 Å². The first-order valence-electron chi connectivity index (χ1n) is 6.93. The largest absolute Gasteiger partial charge is 0.374 e. The fourth-order valence-corrected chi connectivity index (χ4v) is 2.17. The minimum Gasteiger partial charge on any atom is -0.374 e. The van der Waals surface area contributed by atoms with Crippen LogP contribution in [-0.2, 0) is 0 Å². The highest BCUT2D eigenvalue weighted by Gasteiger charge is 2.14. The van der Waals surface area contributed by atoms with Crippen molar-refractivity contribution < 1.29 is 0 Å². The summed E-state index contributed by atoms with van der Waals surface area (Å²) >= 11 is 0. The molecule has 0 aliphatic rings. The molecular formula is C16H28N2. The molecule has 0 fully saturated rings. The topological polar surface area (TPSA) is 29.3 Å². The molecule has 18 heavy (non-hydrogen) atoms. The lowest BCUT2D eigenvalue weighted by molar-refractivity contribution is 0.333. The van der Waals surface area contributed by atoms with Gasteiger partial charge in [-0.05, 0) is 43.4 Å². The number of nitrogens with zero attached hydrogens (tertiary/aromatic N) is 1. The van der Waals surface area contributed by atoms with Gasteiger partial charge in [-0.15, -0.1) is 0 Å². The van der Waals surface area contributed by atoms with Gasteiger partial charge in [0.2, 0.25) is 0 Å². The van der Waals surface area contributed by atoms with Crippen LogP contribution in [0.15, 0.2) is 24.3 Å². The van der Waals surface area contributed by atoms with E-state index >= 15 is 0 Å². The van der Waals surface area contributed by atoms with Gasteiger partial charge in [-0.2, -0.15) is 0 Å². The minimum atomic E-state index is 0.293. The number of unbranched alkanes of at least 4 members (excludes halogenated alkanes) is 1. The molecule has 0 saturated carbocycles. The zero-order chi connectivity index (χ0) is 13.6. The van der Waals surface area contributed by atoms with Gasteiger partial charge < -0.3 is 10.6 Å². The fraction of sp³-hybridized carbons (Fsp3) is 0.625. The highest BCUT2D eigenvalue weighted by Crippen LogP contribution is 2.22. The van der Waals surface area contributed by atoms with Gasteiger partial charge in [0.25, 0.3) is 0 Å². The van der Waals surface area contributed by atoms with Gasteiger partial charge >= 0.3 is 0 Å². The first-order valence-corrected chi connectivity index (χ1v) is 6.93. The number of nitrogens with two attached hydrogens (primary N) is 1. The summed E-state index contributed by atoms with van der Waals surface area (Å²) in [5, 5.41) is 0. The predicted molar refractivity (Wildman–Crippen MR) is 81.1 cm³/mol. The van der Waals surface area contributed by atoms with Crippen molar-refractivity contribution in [1.82, 2.24) is 0 Å². The lowest BCUT2D eigenvalue weighted by atomic mass is 9.87. The van der Waals surface area contributed by atoms with Crippen molar-refractivity contribution in [2.45, 2.75) is 40.0 Å². The molecule has 0 aromatic heterocycles. The van der Waals surface area contributed by atoms with Crippen LogP contribution in [0.3, 0.4) is 0 Å². The Bertz CT molecular complexity index is 358. The summed E-state index contributed by atoms with van der Waals surface area (Å²) in [7, 11) is 2.18. The van der Waals surface area contributed by atoms with Gasteiger partial charge in [-0.25, -0.2) is 0 Å². The summed E-state index contributed by atoms with van der Waals surface area (Å²) in [6.45, 7) is 8.56. The molecule has 0 amide bonds. The van der Waals surface area contributed by atoms with E-state index in [1.807, 2.05) is 0 Å². The summed E-state index contributed by atoms with van der Waals surface area (Å²) in [6.07, 6.45) is 3.69. The molecule has 1 aromatic carbocycles. The molecule has 0 heterocycles. The third kappa shape index (κ3) is 4.69. The summed E-state index contributed by atoms with van der Waals surface area (Å²) in [5.41, 5.74) is 8.73.